The summed E-state index contributed by atoms with van der Waals surface area (Å²) < 4.78 is 37.6. The van der Waals surface area contributed by atoms with Crippen LogP contribution in [0.3, 0.4) is 0 Å². The number of carbonyl (C=O) groups excluding carboxylic acids is 1. The molecule has 0 saturated carbocycles. The Morgan fingerprint density at radius 1 is 1.17 bits per heavy atom. The van der Waals surface area contributed by atoms with Gasteiger partial charge in [0.25, 0.3) is 0 Å². The van der Waals surface area contributed by atoms with Gasteiger partial charge in [-0.3, -0.25) is 9.59 Å². The van der Waals surface area contributed by atoms with E-state index in [4.69, 9.17) is 5.11 Å². The van der Waals surface area contributed by atoms with Crippen molar-refractivity contribution < 1.29 is 27.9 Å². The van der Waals surface area contributed by atoms with E-state index >= 15 is 0 Å². The Hall–Kier alpha value is -2.05. The van der Waals surface area contributed by atoms with E-state index in [1.807, 2.05) is 0 Å². The van der Waals surface area contributed by atoms with Gasteiger partial charge in [0.2, 0.25) is 5.91 Å². The average molecular weight is 331 g/mol. The first-order chi connectivity index (χ1) is 10.7. The van der Waals surface area contributed by atoms with E-state index in [0.717, 1.165) is 12.1 Å². The highest BCUT2D eigenvalue weighted by Gasteiger charge is 2.30. The van der Waals surface area contributed by atoms with Crippen molar-refractivity contribution in [3.05, 3.63) is 35.4 Å². The number of carboxylic acid groups (broad SMARTS) is 1. The molecule has 128 valence electrons. The Balaban J connectivity index is 2.82. The molecule has 1 atom stereocenters. The second kappa shape index (κ2) is 7.99. The molecule has 1 rings (SSSR count). The zero-order chi connectivity index (χ0) is 17.6. The van der Waals surface area contributed by atoms with E-state index in [1.54, 1.807) is 13.8 Å². The van der Waals surface area contributed by atoms with E-state index in [9.17, 15) is 22.8 Å². The fraction of sp³-hybridized carbons (Fsp3) is 0.500. The van der Waals surface area contributed by atoms with Crippen molar-refractivity contribution in [2.75, 3.05) is 13.1 Å². The minimum atomic E-state index is -4.39. The lowest BCUT2D eigenvalue weighted by atomic mass is 9.94. The van der Waals surface area contributed by atoms with E-state index in [0.29, 0.717) is 12.0 Å². The average Bonchev–Trinajstić information content (AvgIpc) is 2.49. The molecule has 0 bridgehead atoms. The van der Waals surface area contributed by atoms with Gasteiger partial charge >= 0.3 is 12.1 Å². The third-order valence-corrected chi connectivity index (χ3v) is 3.62. The predicted octanol–water partition coefficient (Wildman–Crippen LogP) is 3.21. The molecule has 0 aliphatic carbocycles. The van der Waals surface area contributed by atoms with E-state index < -0.39 is 23.6 Å². The molecule has 1 aromatic carbocycles. The number of rotatable bonds is 7. The summed E-state index contributed by atoms with van der Waals surface area (Å²) in [5.74, 6) is -1.84. The third kappa shape index (κ3) is 5.58. The normalized spacial score (nSPS) is 12.7. The van der Waals surface area contributed by atoms with Crippen molar-refractivity contribution >= 4 is 11.9 Å². The van der Waals surface area contributed by atoms with Crippen molar-refractivity contribution in [1.29, 1.82) is 0 Å². The van der Waals surface area contributed by atoms with E-state index in [1.165, 1.54) is 17.0 Å². The largest absolute Gasteiger partial charge is 0.480 e. The third-order valence-electron chi connectivity index (χ3n) is 3.62. The van der Waals surface area contributed by atoms with Crippen LogP contribution in [-0.4, -0.2) is 35.0 Å². The van der Waals surface area contributed by atoms with Crippen LogP contribution in [0.5, 0.6) is 0 Å². The molecule has 0 aliphatic heterocycles. The SMILES string of the molecule is CCC(Cc1ccc(C(F)(F)F)cc1)C(=O)N(CC)CC(=O)O. The Bertz CT molecular complexity index is 540. The number of carboxylic acids is 1. The summed E-state index contributed by atoms with van der Waals surface area (Å²) in [6.07, 6.45) is -3.63. The van der Waals surface area contributed by atoms with Crippen LogP contribution in [0.1, 0.15) is 31.4 Å². The quantitative estimate of drug-likeness (QED) is 0.835. The molecule has 7 heteroatoms. The van der Waals surface area contributed by atoms with Crippen LogP contribution in [-0.2, 0) is 22.2 Å². The van der Waals surface area contributed by atoms with E-state index in [-0.39, 0.29) is 25.4 Å². The highest BCUT2D eigenvalue weighted by atomic mass is 19.4. The summed E-state index contributed by atoms with van der Waals surface area (Å²) in [6, 6.07) is 4.68. The van der Waals surface area contributed by atoms with Crippen LogP contribution in [0.4, 0.5) is 13.2 Å². The fourth-order valence-electron chi connectivity index (χ4n) is 2.29. The van der Waals surface area contributed by atoms with Gasteiger partial charge in [0, 0.05) is 12.5 Å². The Kier molecular flexibility index (Phi) is 6.60. The Morgan fingerprint density at radius 2 is 1.74 bits per heavy atom. The topological polar surface area (TPSA) is 57.6 Å². The maximum absolute atomic E-state index is 12.5. The summed E-state index contributed by atoms with van der Waals surface area (Å²) in [5.41, 5.74) is -0.119. The van der Waals surface area contributed by atoms with Gasteiger partial charge in [0.1, 0.15) is 6.54 Å². The summed E-state index contributed by atoms with van der Waals surface area (Å²) in [7, 11) is 0. The minimum absolute atomic E-state index is 0.272. The monoisotopic (exact) mass is 331 g/mol. The van der Waals surface area contributed by atoms with Crippen LogP contribution in [0, 0.1) is 5.92 Å². The van der Waals surface area contributed by atoms with Gasteiger partial charge in [0.15, 0.2) is 0 Å². The Labute approximate surface area is 132 Å². The van der Waals surface area contributed by atoms with E-state index in [2.05, 4.69) is 0 Å². The van der Waals surface area contributed by atoms with Crippen LogP contribution in [0.2, 0.25) is 0 Å². The highest BCUT2D eigenvalue weighted by Crippen LogP contribution is 2.29. The molecular formula is C16H20F3NO3. The van der Waals surface area contributed by atoms with Gasteiger partial charge < -0.3 is 10.0 Å². The molecule has 0 fully saturated rings. The molecule has 0 saturated heterocycles. The number of nitrogens with zero attached hydrogens (tertiary/aromatic N) is 1. The predicted molar refractivity (Wildman–Crippen MR) is 78.8 cm³/mol. The molecule has 1 N–H and O–H groups in total. The summed E-state index contributed by atoms with van der Waals surface area (Å²) in [5, 5.41) is 8.81. The van der Waals surface area contributed by atoms with Crippen LogP contribution >= 0.6 is 0 Å². The summed E-state index contributed by atoms with van der Waals surface area (Å²) >= 11 is 0. The minimum Gasteiger partial charge on any atom is -0.480 e. The summed E-state index contributed by atoms with van der Waals surface area (Å²) in [4.78, 5) is 24.4. The summed E-state index contributed by atoms with van der Waals surface area (Å²) in [6.45, 7) is 3.38. The molecule has 0 aromatic heterocycles. The van der Waals surface area contributed by atoms with Crippen LogP contribution in [0.25, 0.3) is 0 Å². The number of aliphatic carboxylic acids is 1. The molecule has 1 amide bonds. The van der Waals surface area contributed by atoms with Gasteiger partial charge in [-0.15, -0.1) is 0 Å². The smallest absolute Gasteiger partial charge is 0.416 e. The van der Waals surface area contributed by atoms with Gasteiger partial charge in [-0.1, -0.05) is 19.1 Å². The molecule has 0 heterocycles. The second-order valence-electron chi connectivity index (χ2n) is 5.25. The maximum Gasteiger partial charge on any atom is 0.416 e. The molecular weight excluding hydrogens is 311 g/mol. The maximum atomic E-state index is 12.5. The zero-order valence-corrected chi connectivity index (χ0v) is 13.1. The number of benzene rings is 1. The molecule has 23 heavy (non-hydrogen) atoms. The highest BCUT2D eigenvalue weighted by molar-refractivity contribution is 5.83. The van der Waals surface area contributed by atoms with Gasteiger partial charge in [-0.25, -0.2) is 0 Å². The first-order valence-electron chi connectivity index (χ1n) is 7.35. The standard InChI is InChI=1S/C16H20F3NO3/c1-3-12(15(23)20(4-2)10-14(21)22)9-11-5-7-13(8-6-11)16(17,18)19/h5-8,12H,3-4,9-10H2,1-2H3,(H,21,22). The number of halogens is 3. The zero-order valence-electron chi connectivity index (χ0n) is 13.1. The van der Waals surface area contributed by atoms with Crippen molar-refractivity contribution in [2.24, 2.45) is 5.92 Å². The molecule has 0 spiro atoms. The number of carbonyl (C=O) groups is 2. The second-order valence-corrected chi connectivity index (χ2v) is 5.25. The molecule has 4 nitrogen and oxygen atoms in total. The van der Waals surface area contributed by atoms with Crippen LogP contribution < -0.4 is 0 Å². The number of alkyl halides is 3. The number of hydrogen-bond donors (Lipinski definition) is 1. The van der Waals surface area contributed by atoms with Gasteiger partial charge in [0.05, 0.1) is 5.56 Å². The molecule has 0 radical (unpaired) electrons. The number of hydrogen-bond acceptors (Lipinski definition) is 2. The Morgan fingerprint density at radius 3 is 2.13 bits per heavy atom. The lowest BCUT2D eigenvalue weighted by Gasteiger charge is -2.24. The van der Waals surface area contributed by atoms with Crippen LogP contribution in [0.15, 0.2) is 24.3 Å². The number of likely N-dealkylation sites (N-methyl/N-ethyl adjacent to an activating group) is 1. The fourth-order valence-corrected chi connectivity index (χ4v) is 2.29. The van der Waals surface area contributed by atoms with Gasteiger partial charge in [-0.05, 0) is 37.5 Å². The van der Waals surface area contributed by atoms with Crippen molar-refractivity contribution in [3.8, 4) is 0 Å². The van der Waals surface area contributed by atoms with Crippen molar-refractivity contribution in [2.45, 2.75) is 32.9 Å². The molecule has 0 aliphatic rings. The molecule has 1 unspecified atom stereocenters. The lowest BCUT2D eigenvalue weighted by molar-refractivity contribution is -0.146. The first-order valence-corrected chi connectivity index (χ1v) is 7.35. The molecule has 1 aromatic rings. The van der Waals surface area contributed by atoms with Crippen molar-refractivity contribution in [1.82, 2.24) is 4.90 Å². The van der Waals surface area contributed by atoms with Gasteiger partial charge in [-0.2, -0.15) is 13.2 Å². The lowest BCUT2D eigenvalue weighted by Crippen LogP contribution is -2.40. The first kappa shape index (κ1) is 19.0. The van der Waals surface area contributed by atoms with Crippen molar-refractivity contribution in [3.63, 3.8) is 0 Å². The number of amides is 1.